The zero-order valence-electron chi connectivity index (χ0n) is 20.3. The summed E-state index contributed by atoms with van der Waals surface area (Å²) >= 11 is 0. The number of Topliss-reactive ketones (excluding diaryl/α,β-unsaturated/α-hetero) is 1. The first-order valence-corrected chi connectivity index (χ1v) is 11.5. The summed E-state index contributed by atoms with van der Waals surface area (Å²) in [6.07, 6.45) is 4.15. The number of nitrogens with zero attached hydrogens (tertiary/aromatic N) is 2. The van der Waals surface area contributed by atoms with Crippen molar-refractivity contribution in [1.29, 1.82) is 0 Å². The Balaban J connectivity index is 1.94. The fourth-order valence-corrected chi connectivity index (χ4v) is 4.33. The zero-order valence-corrected chi connectivity index (χ0v) is 20.3. The van der Waals surface area contributed by atoms with E-state index in [0.717, 1.165) is 23.1 Å². The van der Waals surface area contributed by atoms with E-state index in [1.807, 2.05) is 55.5 Å². The smallest absolute Gasteiger partial charge is 0.300 e. The number of hydrogen-bond acceptors (Lipinski definition) is 4. The van der Waals surface area contributed by atoms with Crippen LogP contribution in [0.15, 0.2) is 72.6 Å². The molecule has 34 heavy (non-hydrogen) atoms. The Morgan fingerprint density at radius 2 is 1.76 bits per heavy atom. The van der Waals surface area contributed by atoms with Crippen LogP contribution in [0.3, 0.4) is 0 Å². The number of rotatable bonds is 4. The third-order valence-electron chi connectivity index (χ3n) is 6.43. The molecule has 1 saturated heterocycles. The second-order valence-corrected chi connectivity index (χ2v) is 9.76. The van der Waals surface area contributed by atoms with Crippen LogP contribution in [0.4, 0.5) is 5.69 Å². The van der Waals surface area contributed by atoms with Crippen LogP contribution in [0.25, 0.3) is 5.76 Å². The molecule has 174 valence electrons. The first-order chi connectivity index (χ1) is 16.1. The van der Waals surface area contributed by atoms with Crippen molar-refractivity contribution >= 4 is 23.1 Å². The number of aliphatic hydroxyl groups is 1. The van der Waals surface area contributed by atoms with Gasteiger partial charge in [0.2, 0.25) is 0 Å². The molecule has 0 radical (unpaired) electrons. The van der Waals surface area contributed by atoms with Crippen LogP contribution in [0.2, 0.25) is 0 Å². The van der Waals surface area contributed by atoms with Gasteiger partial charge in [0.15, 0.2) is 0 Å². The van der Waals surface area contributed by atoms with Crippen LogP contribution in [-0.2, 0) is 21.4 Å². The number of aromatic nitrogens is 1. The van der Waals surface area contributed by atoms with Crippen LogP contribution in [0.1, 0.15) is 61.6 Å². The Kier molecular flexibility index (Phi) is 6.13. The topological polar surface area (TPSA) is 70.5 Å². The van der Waals surface area contributed by atoms with Gasteiger partial charge in [0, 0.05) is 23.6 Å². The summed E-state index contributed by atoms with van der Waals surface area (Å²) in [5.74, 6) is -1.53. The van der Waals surface area contributed by atoms with Crippen LogP contribution in [0, 0.1) is 6.92 Å². The van der Waals surface area contributed by atoms with Gasteiger partial charge in [-0.2, -0.15) is 0 Å². The molecule has 0 spiro atoms. The molecule has 2 heterocycles. The summed E-state index contributed by atoms with van der Waals surface area (Å²) in [4.78, 5) is 32.4. The zero-order chi connectivity index (χ0) is 24.6. The first-order valence-electron chi connectivity index (χ1n) is 11.5. The number of ketones is 1. The van der Waals surface area contributed by atoms with Crippen molar-refractivity contribution in [2.45, 2.75) is 52.5 Å². The van der Waals surface area contributed by atoms with Gasteiger partial charge in [-0.1, -0.05) is 58.0 Å². The van der Waals surface area contributed by atoms with Gasteiger partial charge in [-0.05, 0) is 65.3 Å². The molecule has 5 heteroatoms. The van der Waals surface area contributed by atoms with Gasteiger partial charge in [0.25, 0.3) is 11.7 Å². The molecule has 1 N–H and O–H groups in total. The Morgan fingerprint density at radius 3 is 2.35 bits per heavy atom. The molecule has 1 aliphatic heterocycles. The largest absolute Gasteiger partial charge is 0.507 e. The van der Waals surface area contributed by atoms with Crippen molar-refractivity contribution in [3.63, 3.8) is 0 Å². The van der Waals surface area contributed by atoms with Crippen molar-refractivity contribution in [2.24, 2.45) is 0 Å². The standard InChI is InChI=1S/C29H30N2O3/c1-6-19-10-13-22(14-11-19)31-25(20-8-7-15-30-17-20)24(27(33)28(31)34)26(32)23-16-21(29(3,4)5)12-9-18(23)2/h7-17,25,32H,6H2,1-5H3/b26-24+. The van der Waals surface area contributed by atoms with E-state index in [4.69, 9.17) is 0 Å². The first kappa shape index (κ1) is 23.4. The molecule has 0 aliphatic carbocycles. The summed E-state index contributed by atoms with van der Waals surface area (Å²) in [6, 6.07) is 16.3. The molecule has 1 unspecified atom stereocenters. The number of pyridine rings is 1. The molecule has 1 amide bonds. The molecule has 2 aromatic carbocycles. The van der Waals surface area contributed by atoms with Crippen LogP contribution in [-0.4, -0.2) is 21.8 Å². The van der Waals surface area contributed by atoms with Crippen molar-refractivity contribution in [3.8, 4) is 0 Å². The summed E-state index contributed by atoms with van der Waals surface area (Å²) in [7, 11) is 0. The maximum atomic E-state index is 13.4. The van der Waals surface area contributed by atoms with E-state index in [1.165, 1.54) is 4.90 Å². The third-order valence-corrected chi connectivity index (χ3v) is 6.43. The lowest BCUT2D eigenvalue weighted by Crippen LogP contribution is -2.29. The number of carbonyl (C=O) groups is 2. The second kappa shape index (κ2) is 8.90. The number of anilines is 1. The lowest BCUT2D eigenvalue weighted by Gasteiger charge is -2.26. The van der Waals surface area contributed by atoms with Crippen LogP contribution in [0.5, 0.6) is 0 Å². The number of benzene rings is 2. The second-order valence-electron chi connectivity index (χ2n) is 9.76. The van der Waals surface area contributed by atoms with E-state index in [-0.39, 0.29) is 16.7 Å². The predicted octanol–water partition coefficient (Wildman–Crippen LogP) is 5.88. The SMILES string of the molecule is CCc1ccc(N2C(=O)C(=O)/C(=C(/O)c3cc(C(C)(C)C)ccc3C)C2c2cccnc2)cc1. The molecule has 1 atom stereocenters. The lowest BCUT2D eigenvalue weighted by molar-refractivity contribution is -0.132. The van der Waals surface area contributed by atoms with E-state index in [0.29, 0.717) is 16.8 Å². The average Bonchev–Trinajstić information content (AvgIpc) is 3.09. The Morgan fingerprint density at radius 1 is 1.06 bits per heavy atom. The Hall–Kier alpha value is -3.73. The van der Waals surface area contributed by atoms with Gasteiger partial charge in [-0.25, -0.2) is 0 Å². The Labute approximate surface area is 200 Å². The number of aliphatic hydroxyl groups excluding tert-OH is 1. The quantitative estimate of drug-likeness (QED) is 0.304. The minimum absolute atomic E-state index is 0.0757. The average molecular weight is 455 g/mol. The normalized spacial score (nSPS) is 17.9. The molecule has 0 saturated carbocycles. The van der Waals surface area contributed by atoms with Gasteiger partial charge in [0.1, 0.15) is 5.76 Å². The monoisotopic (exact) mass is 454 g/mol. The Bertz CT molecular complexity index is 1270. The molecule has 4 rings (SSSR count). The molecule has 1 aliphatic rings. The highest BCUT2D eigenvalue weighted by molar-refractivity contribution is 6.51. The minimum Gasteiger partial charge on any atom is -0.507 e. The summed E-state index contributed by atoms with van der Waals surface area (Å²) in [5.41, 5.74) is 4.74. The molecular formula is C29H30N2O3. The van der Waals surface area contributed by atoms with E-state index in [1.54, 1.807) is 18.5 Å². The van der Waals surface area contributed by atoms with Gasteiger partial charge in [-0.3, -0.25) is 19.5 Å². The van der Waals surface area contributed by atoms with Gasteiger partial charge < -0.3 is 5.11 Å². The highest BCUT2D eigenvalue weighted by atomic mass is 16.3. The maximum absolute atomic E-state index is 13.4. The summed E-state index contributed by atoms with van der Waals surface area (Å²) < 4.78 is 0. The molecule has 1 fully saturated rings. The van der Waals surface area contributed by atoms with Gasteiger partial charge >= 0.3 is 0 Å². The van der Waals surface area contributed by atoms with E-state index in [2.05, 4.69) is 32.7 Å². The molecule has 0 bridgehead atoms. The number of hydrogen-bond donors (Lipinski definition) is 1. The molecule has 1 aromatic heterocycles. The van der Waals surface area contributed by atoms with Gasteiger partial charge in [-0.15, -0.1) is 0 Å². The fourth-order valence-electron chi connectivity index (χ4n) is 4.33. The highest BCUT2D eigenvalue weighted by Gasteiger charge is 2.47. The van der Waals surface area contributed by atoms with Crippen molar-refractivity contribution in [1.82, 2.24) is 4.98 Å². The maximum Gasteiger partial charge on any atom is 0.300 e. The van der Waals surface area contributed by atoms with E-state index >= 15 is 0 Å². The number of amides is 1. The highest BCUT2D eigenvalue weighted by Crippen LogP contribution is 2.42. The number of carbonyl (C=O) groups excluding carboxylic acids is 2. The van der Waals surface area contributed by atoms with Gasteiger partial charge in [0.05, 0.1) is 11.6 Å². The summed E-state index contributed by atoms with van der Waals surface area (Å²) in [5, 5.41) is 11.5. The molecule has 3 aromatic rings. The van der Waals surface area contributed by atoms with Crippen molar-refractivity contribution in [2.75, 3.05) is 4.90 Å². The minimum atomic E-state index is -0.779. The van der Waals surface area contributed by atoms with Crippen molar-refractivity contribution < 1.29 is 14.7 Å². The third kappa shape index (κ3) is 4.14. The van der Waals surface area contributed by atoms with E-state index < -0.39 is 17.7 Å². The summed E-state index contributed by atoms with van der Waals surface area (Å²) in [6.45, 7) is 10.2. The fraction of sp³-hybridized carbons (Fsp3) is 0.276. The molecule has 5 nitrogen and oxygen atoms in total. The van der Waals surface area contributed by atoms with Crippen molar-refractivity contribution in [3.05, 3.63) is 100 Å². The van der Waals surface area contributed by atoms with Crippen LogP contribution < -0.4 is 4.90 Å². The number of aryl methyl sites for hydroxylation is 2. The van der Waals surface area contributed by atoms with Crippen LogP contribution >= 0.6 is 0 Å². The van der Waals surface area contributed by atoms with E-state index in [9.17, 15) is 14.7 Å². The predicted molar refractivity (Wildman–Crippen MR) is 135 cm³/mol. The lowest BCUT2D eigenvalue weighted by atomic mass is 9.84. The molecular weight excluding hydrogens is 424 g/mol.